The molecule has 3 rings (SSSR count). The maximum atomic E-state index is 12.8. The number of carboxylic acid groups (broad SMARTS) is 1. The first-order chi connectivity index (χ1) is 11.5. The molecule has 1 amide bonds. The van der Waals surface area contributed by atoms with Crippen molar-refractivity contribution >= 4 is 11.9 Å². The van der Waals surface area contributed by atoms with Crippen LogP contribution >= 0.6 is 0 Å². The molecule has 1 aromatic carbocycles. The second kappa shape index (κ2) is 6.96. The number of carbonyl (C=O) groups is 2. The lowest BCUT2D eigenvalue weighted by Gasteiger charge is -2.35. The average Bonchev–Trinajstić information content (AvgIpc) is 2.60. The lowest BCUT2D eigenvalue weighted by Crippen LogP contribution is -2.41. The number of carboxylic acids is 1. The Kier molecular flexibility index (Phi) is 4.93. The van der Waals surface area contributed by atoms with Crippen LogP contribution in [0.3, 0.4) is 0 Å². The van der Waals surface area contributed by atoms with Gasteiger partial charge in [0.1, 0.15) is 0 Å². The highest BCUT2D eigenvalue weighted by molar-refractivity contribution is 5.80. The molecule has 4 nitrogen and oxygen atoms in total. The number of amides is 1. The van der Waals surface area contributed by atoms with Crippen LogP contribution in [0.1, 0.15) is 62.1 Å². The first kappa shape index (κ1) is 17.0. The van der Waals surface area contributed by atoms with Crippen LogP contribution in [0.4, 0.5) is 0 Å². The fourth-order valence-corrected chi connectivity index (χ4v) is 4.21. The van der Waals surface area contributed by atoms with Gasteiger partial charge in [0.05, 0.1) is 5.92 Å². The third kappa shape index (κ3) is 3.33. The van der Waals surface area contributed by atoms with Gasteiger partial charge in [0.2, 0.25) is 5.91 Å². The molecular formula is C20H27NO3. The van der Waals surface area contributed by atoms with E-state index >= 15 is 0 Å². The number of hydrogen-bond acceptors (Lipinski definition) is 2. The molecule has 0 bridgehead atoms. The van der Waals surface area contributed by atoms with Gasteiger partial charge >= 0.3 is 5.97 Å². The van der Waals surface area contributed by atoms with Crippen LogP contribution in [0.25, 0.3) is 0 Å². The minimum Gasteiger partial charge on any atom is -0.481 e. The monoisotopic (exact) mass is 329 g/mol. The lowest BCUT2D eigenvalue weighted by atomic mass is 9.81. The molecule has 1 heterocycles. The van der Waals surface area contributed by atoms with Gasteiger partial charge in [-0.2, -0.15) is 0 Å². The van der Waals surface area contributed by atoms with Crippen LogP contribution in [0.5, 0.6) is 0 Å². The lowest BCUT2D eigenvalue weighted by molar-refractivity contribution is -0.146. The van der Waals surface area contributed by atoms with Gasteiger partial charge in [0.15, 0.2) is 0 Å². The Morgan fingerprint density at radius 1 is 1.12 bits per heavy atom. The van der Waals surface area contributed by atoms with E-state index in [0.29, 0.717) is 38.1 Å². The van der Waals surface area contributed by atoms with Crippen molar-refractivity contribution in [3.8, 4) is 0 Å². The molecule has 0 aromatic heterocycles. The SMILES string of the molecule is CC(C)c1cccc2c1CCN(C(=O)C1CCC(C(=O)O)CC1)C2. The fraction of sp³-hybridized carbons (Fsp3) is 0.600. The Labute approximate surface area is 143 Å². The van der Waals surface area contributed by atoms with Crippen LogP contribution in [-0.2, 0) is 22.6 Å². The van der Waals surface area contributed by atoms with Gasteiger partial charge in [-0.3, -0.25) is 9.59 Å². The molecule has 1 aromatic rings. The van der Waals surface area contributed by atoms with Crippen molar-refractivity contribution in [1.29, 1.82) is 0 Å². The molecule has 1 saturated carbocycles. The zero-order chi connectivity index (χ0) is 17.3. The Hall–Kier alpha value is -1.84. The summed E-state index contributed by atoms with van der Waals surface area (Å²) >= 11 is 0. The van der Waals surface area contributed by atoms with Crippen LogP contribution in [0, 0.1) is 11.8 Å². The molecule has 24 heavy (non-hydrogen) atoms. The number of aliphatic carboxylic acids is 1. The Bertz CT molecular complexity index is 630. The van der Waals surface area contributed by atoms with Crippen molar-refractivity contribution in [1.82, 2.24) is 4.90 Å². The summed E-state index contributed by atoms with van der Waals surface area (Å²) in [5, 5.41) is 9.10. The van der Waals surface area contributed by atoms with Crippen molar-refractivity contribution < 1.29 is 14.7 Å². The van der Waals surface area contributed by atoms with E-state index in [4.69, 9.17) is 5.11 Å². The molecule has 1 aliphatic heterocycles. The van der Waals surface area contributed by atoms with E-state index in [0.717, 1.165) is 13.0 Å². The summed E-state index contributed by atoms with van der Waals surface area (Å²) in [6.07, 6.45) is 3.62. The minimum atomic E-state index is -0.714. The Morgan fingerprint density at radius 3 is 2.42 bits per heavy atom. The first-order valence-electron chi connectivity index (χ1n) is 9.09. The third-order valence-corrected chi connectivity index (χ3v) is 5.66. The van der Waals surface area contributed by atoms with Gasteiger partial charge in [-0.05, 0) is 54.7 Å². The molecule has 0 atom stereocenters. The Morgan fingerprint density at radius 2 is 1.79 bits per heavy atom. The molecule has 0 unspecified atom stereocenters. The molecule has 1 fully saturated rings. The number of carbonyl (C=O) groups excluding carboxylic acids is 1. The van der Waals surface area contributed by atoms with E-state index in [2.05, 4.69) is 32.0 Å². The average molecular weight is 329 g/mol. The maximum Gasteiger partial charge on any atom is 0.306 e. The van der Waals surface area contributed by atoms with Crippen LogP contribution in [0.15, 0.2) is 18.2 Å². The zero-order valence-electron chi connectivity index (χ0n) is 14.6. The topological polar surface area (TPSA) is 57.6 Å². The second-order valence-electron chi connectivity index (χ2n) is 7.54. The summed E-state index contributed by atoms with van der Waals surface area (Å²) in [6.45, 7) is 5.92. The van der Waals surface area contributed by atoms with E-state index in [1.54, 1.807) is 0 Å². The highest BCUT2D eigenvalue weighted by Gasteiger charge is 2.33. The molecular weight excluding hydrogens is 302 g/mol. The molecule has 0 spiro atoms. The number of hydrogen-bond donors (Lipinski definition) is 1. The largest absolute Gasteiger partial charge is 0.481 e. The Balaban J connectivity index is 1.67. The predicted molar refractivity (Wildman–Crippen MR) is 92.7 cm³/mol. The summed E-state index contributed by atoms with van der Waals surface area (Å²) in [5.41, 5.74) is 4.10. The van der Waals surface area contributed by atoms with Gasteiger partial charge in [-0.1, -0.05) is 32.0 Å². The van der Waals surface area contributed by atoms with Crippen molar-refractivity contribution in [3.05, 3.63) is 34.9 Å². The second-order valence-corrected chi connectivity index (χ2v) is 7.54. The highest BCUT2D eigenvalue weighted by atomic mass is 16.4. The molecule has 1 aliphatic carbocycles. The number of fused-ring (bicyclic) bond motifs is 1. The van der Waals surface area contributed by atoms with Crippen LogP contribution in [-0.4, -0.2) is 28.4 Å². The van der Waals surface area contributed by atoms with Gasteiger partial charge in [-0.15, -0.1) is 0 Å². The minimum absolute atomic E-state index is 0.00966. The highest BCUT2D eigenvalue weighted by Crippen LogP contribution is 2.33. The van der Waals surface area contributed by atoms with Gasteiger partial charge in [0, 0.05) is 19.0 Å². The smallest absolute Gasteiger partial charge is 0.306 e. The number of nitrogens with zero attached hydrogens (tertiary/aromatic N) is 1. The quantitative estimate of drug-likeness (QED) is 0.922. The van der Waals surface area contributed by atoms with E-state index < -0.39 is 5.97 Å². The molecule has 130 valence electrons. The van der Waals surface area contributed by atoms with Crippen molar-refractivity contribution in [2.75, 3.05) is 6.54 Å². The summed E-state index contributed by atoms with van der Waals surface area (Å²) in [4.78, 5) is 25.9. The van der Waals surface area contributed by atoms with Crippen molar-refractivity contribution in [2.45, 2.75) is 58.4 Å². The van der Waals surface area contributed by atoms with E-state index in [1.807, 2.05) is 4.90 Å². The fourth-order valence-electron chi connectivity index (χ4n) is 4.21. The summed E-state index contributed by atoms with van der Waals surface area (Å²) in [6, 6.07) is 6.44. The van der Waals surface area contributed by atoms with E-state index in [9.17, 15) is 9.59 Å². The summed E-state index contributed by atoms with van der Waals surface area (Å²) in [5.74, 6) is -0.234. The molecule has 1 N–H and O–H groups in total. The zero-order valence-corrected chi connectivity index (χ0v) is 14.6. The predicted octanol–water partition coefficient (Wildman–Crippen LogP) is 3.59. The summed E-state index contributed by atoms with van der Waals surface area (Å²) in [7, 11) is 0. The van der Waals surface area contributed by atoms with Crippen LogP contribution in [0.2, 0.25) is 0 Å². The first-order valence-corrected chi connectivity index (χ1v) is 9.09. The molecule has 2 aliphatic rings. The number of rotatable bonds is 3. The third-order valence-electron chi connectivity index (χ3n) is 5.66. The summed E-state index contributed by atoms with van der Waals surface area (Å²) < 4.78 is 0. The standard InChI is InChI=1S/C20H27NO3/c1-13(2)17-5-3-4-16-12-21(11-10-18(16)17)19(22)14-6-8-15(9-7-14)20(23)24/h3-5,13-15H,6-12H2,1-2H3,(H,23,24). The van der Waals surface area contributed by atoms with Gasteiger partial charge in [-0.25, -0.2) is 0 Å². The van der Waals surface area contributed by atoms with E-state index in [1.165, 1.54) is 16.7 Å². The number of benzene rings is 1. The van der Waals surface area contributed by atoms with Gasteiger partial charge in [0.25, 0.3) is 0 Å². The maximum absolute atomic E-state index is 12.8. The van der Waals surface area contributed by atoms with Crippen LogP contribution < -0.4 is 0 Å². The van der Waals surface area contributed by atoms with Crippen molar-refractivity contribution in [2.24, 2.45) is 11.8 Å². The molecule has 0 saturated heterocycles. The van der Waals surface area contributed by atoms with Crippen molar-refractivity contribution in [3.63, 3.8) is 0 Å². The van der Waals surface area contributed by atoms with Gasteiger partial charge < -0.3 is 10.0 Å². The molecule has 4 heteroatoms. The van der Waals surface area contributed by atoms with E-state index in [-0.39, 0.29) is 17.7 Å². The molecule has 0 radical (unpaired) electrons. The normalized spacial score (nSPS) is 23.9.